The molecular formula is C16H18ClF3N2O3. The molecule has 1 unspecified atom stereocenters. The SMILES string of the molecule is COCCCNC(=O)C1CC(=O)N(c2ccc(Cl)c(C(F)(F)F)c2)C1. The molecule has 0 aromatic heterocycles. The molecule has 25 heavy (non-hydrogen) atoms. The van der Waals surface area contributed by atoms with Crippen molar-refractivity contribution in [2.75, 3.05) is 31.7 Å². The molecule has 1 saturated heterocycles. The maximum Gasteiger partial charge on any atom is 0.417 e. The molecule has 138 valence electrons. The van der Waals surface area contributed by atoms with Gasteiger partial charge in [0.05, 0.1) is 16.5 Å². The van der Waals surface area contributed by atoms with Crippen LogP contribution in [-0.4, -0.2) is 38.6 Å². The van der Waals surface area contributed by atoms with Gasteiger partial charge in [-0.2, -0.15) is 13.2 Å². The zero-order chi connectivity index (χ0) is 18.6. The second-order valence-electron chi connectivity index (χ2n) is 5.70. The molecule has 2 rings (SSSR count). The largest absolute Gasteiger partial charge is 0.417 e. The smallest absolute Gasteiger partial charge is 0.385 e. The first kappa shape index (κ1) is 19.5. The van der Waals surface area contributed by atoms with Gasteiger partial charge in [-0.15, -0.1) is 0 Å². The van der Waals surface area contributed by atoms with E-state index in [2.05, 4.69) is 5.32 Å². The highest BCUT2D eigenvalue weighted by atomic mass is 35.5. The first-order valence-electron chi connectivity index (χ1n) is 7.67. The number of halogens is 4. The van der Waals surface area contributed by atoms with Gasteiger partial charge in [0.15, 0.2) is 0 Å². The van der Waals surface area contributed by atoms with Gasteiger partial charge in [0, 0.05) is 38.9 Å². The van der Waals surface area contributed by atoms with Gasteiger partial charge >= 0.3 is 6.18 Å². The van der Waals surface area contributed by atoms with Gasteiger partial charge in [0.1, 0.15) is 0 Å². The highest BCUT2D eigenvalue weighted by Crippen LogP contribution is 2.38. The van der Waals surface area contributed by atoms with Gasteiger partial charge in [-0.1, -0.05) is 11.6 Å². The molecule has 0 saturated carbocycles. The van der Waals surface area contributed by atoms with Crippen LogP contribution in [0.15, 0.2) is 18.2 Å². The van der Waals surface area contributed by atoms with Crippen molar-refractivity contribution in [2.45, 2.75) is 19.0 Å². The molecule has 1 aromatic rings. The topological polar surface area (TPSA) is 58.6 Å². The molecule has 5 nitrogen and oxygen atoms in total. The first-order chi connectivity index (χ1) is 11.7. The highest BCUT2D eigenvalue weighted by Gasteiger charge is 2.37. The van der Waals surface area contributed by atoms with Crippen molar-refractivity contribution in [3.8, 4) is 0 Å². The maximum absolute atomic E-state index is 13.0. The Kier molecular flexibility index (Phi) is 6.29. The molecule has 1 N–H and O–H groups in total. The summed E-state index contributed by atoms with van der Waals surface area (Å²) in [6, 6.07) is 3.28. The van der Waals surface area contributed by atoms with E-state index in [9.17, 15) is 22.8 Å². The summed E-state index contributed by atoms with van der Waals surface area (Å²) in [7, 11) is 1.55. The van der Waals surface area contributed by atoms with E-state index < -0.39 is 28.6 Å². The molecule has 1 aliphatic rings. The van der Waals surface area contributed by atoms with Crippen molar-refractivity contribution in [1.29, 1.82) is 0 Å². The van der Waals surface area contributed by atoms with Crippen LogP contribution in [0.3, 0.4) is 0 Å². The summed E-state index contributed by atoms with van der Waals surface area (Å²) in [5, 5.41) is 2.26. The fourth-order valence-electron chi connectivity index (χ4n) is 2.60. The number of ether oxygens (including phenoxy) is 1. The number of hydrogen-bond donors (Lipinski definition) is 1. The molecule has 1 heterocycles. The normalized spacial score (nSPS) is 17.9. The van der Waals surface area contributed by atoms with E-state index in [1.807, 2.05) is 0 Å². The highest BCUT2D eigenvalue weighted by molar-refractivity contribution is 6.31. The number of amides is 2. The molecule has 1 aliphatic heterocycles. The van der Waals surface area contributed by atoms with Crippen molar-refractivity contribution < 1.29 is 27.5 Å². The third kappa shape index (κ3) is 4.85. The van der Waals surface area contributed by atoms with E-state index in [1.165, 1.54) is 11.0 Å². The average molecular weight is 379 g/mol. The van der Waals surface area contributed by atoms with Crippen LogP contribution in [0.1, 0.15) is 18.4 Å². The van der Waals surface area contributed by atoms with E-state index in [-0.39, 0.29) is 24.6 Å². The molecule has 1 aromatic carbocycles. The summed E-state index contributed by atoms with van der Waals surface area (Å²) in [6.45, 7) is 0.950. The monoisotopic (exact) mass is 378 g/mol. The van der Waals surface area contributed by atoms with Crippen LogP contribution in [0.25, 0.3) is 0 Å². The minimum absolute atomic E-state index is 0.0356. The van der Waals surface area contributed by atoms with Gasteiger partial charge in [0.2, 0.25) is 11.8 Å². The van der Waals surface area contributed by atoms with E-state index in [0.717, 1.165) is 12.1 Å². The van der Waals surface area contributed by atoms with Gasteiger partial charge in [0.25, 0.3) is 0 Å². The summed E-state index contributed by atoms with van der Waals surface area (Å²) < 4.78 is 43.7. The lowest BCUT2D eigenvalue weighted by molar-refractivity contribution is -0.137. The average Bonchev–Trinajstić information content (AvgIpc) is 2.93. The number of methoxy groups -OCH3 is 1. The molecule has 2 amide bonds. The number of nitrogens with zero attached hydrogens (tertiary/aromatic N) is 1. The number of rotatable bonds is 6. The summed E-state index contributed by atoms with van der Waals surface area (Å²) >= 11 is 5.59. The number of hydrogen-bond acceptors (Lipinski definition) is 3. The molecule has 1 fully saturated rings. The Morgan fingerprint density at radius 2 is 2.16 bits per heavy atom. The quantitative estimate of drug-likeness (QED) is 0.774. The van der Waals surface area contributed by atoms with Crippen molar-refractivity contribution >= 4 is 29.1 Å². The van der Waals surface area contributed by atoms with Crippen LogP contribution in [0.4, 0.5) is 18.9 Å². The lowest BCUT2D eigenvalue weighted by atomic mass is 10.1. The number of alkyl halides is 3. The Hall–Kier alpha value is -1.80. The van der Waals surface area contributed by atoms with Crippen molar-refractivity contribution in [3.63, 3.8) is 0 Å². The van der Waals surface area contributed by atoms with Gasteiger partial charge in [-0.3, -0.25) is 9.59 Å². The minimum atomic E-state index is -4.62. The van der Waals surface area contributed by atoms with Crippen molar-refractivity contribution in [1.82, 2.24) is 5.32 Å². The summed E-state index contributed by atoms with van der Waals surface area (Å²) in [4.78, 5) is 25.4. The summed E-state index contributed by atoms with van der Waals surface area (Å²) in [6.07, 6.45) is -4.02. The number of benzene rings is 1. The summed E-state index contributed by atoms with van der Waals surface area (Å²) in [5.74, 6) is -1.29. The standard InChI is InChI=1S/C16H18ClF3N2O3/c1-25-6-2-5-21-15(24)10-7-14(23)22(9-10)11-3-4-13(17)12(8-11)16(18,19)20/h3-4,8,10H,2,5-7,9H2,1H3,(H,21,24). The first-order valence-corrected chi connectivity index (χ1v) is 8.05. The Morgan fingerprint density at radius 3 is 2.80 bits per heavy atom. The summed E-state index contributed by atoms with van der Waals surface area (Å²) in [5.41, 5.74) is -0.927. The Morgan fingerprint density at radius 1 is 1.44 bits per heavy atom. The Bertz CT molecular complexity index is 652. The fourth-order valence-corrected chi connectivity index (χ4v) is 2.83. The second-order valence-corrected chi connectivity index (χ2v) is 6.11. The third-order valence-electron chi connectivity index (χ3n) is 3.89. The number of carbonyl (C=O) groups excluding carboxylic acids is 2. The van der Waals surface area contributed by atoms with Crippen molar-refractivity contribution in [2.24, 2.45) is 5.92 Å². The lowest BCUT2D eigenvalue weighted by Crippen LogP contribution is -2.33. The van der Waals surface area contributed by atoms with E-state index in [1.54, 1.807) is 7.11 Å². The van der Waals surface area contributed by atoms with E-state index in [4.69, 9.17) is 16.3 Å². The van der Waals surface area contributed by atoms with Crippen LogP contribution >= 0.6 is 11.6 Å². The number of nitrogens with one attached hydrogen (secondary N) is 1. The molecule has 9 heteroatoms. The second kappa shape index (κ2) is 8.05. The molecule has 1 atom stereocenters. The number of anilines is 1. The third-order valence-corrected chi connectivity index (χ3v) is 4.22. The predicted octanol–water partition coefficient (Wildman–Crippen LogP) is 2.86. The van der Waals surface area contributed by atoms with Crippen LogP contribution in [0.5, 0.6) is 0 Å². The van der Waals surface area contributed by atoms with Crippen molar-refractivity contribution in [3.05, 3.63) is 28.8 Å². The minimum Gasteiger partial charge on any atom is -0.385 e. The van der Waals surface area contributed by atoms with E-state index in [0.29, 0.717) is 19.6 Å². The Labute approximate surface area is 148 Å². The number of carbonyl (C=O) groups is 2. The van der Waals surface area contributed by atoms with Crippen LogP contribution < -0.4 is 10.2 Å². The zero-order valence-corrected chi connectivity index (χ0v) is 14.3. The molecule has 0 spiro atoms. The molecular weight excluding hydrogens is 361 g/mol. The van der Waals surface area contributed by atoms with Gasteiger partial charge in [-0.05, 0) is 24.6 Å². The van der Waals surface area contributed by atoms with Gasteiger partial charge in [-0.25, -0.2) is 0 Å². The molecule has 0 aliphatic carbocycles. The zero-order valence-electron chi connectivity index (χ0n) is 13.5. The Balaban J connectivity index is 2.07. The van der Waals surface area contributed by atoms with Crippen LogP contribution in [0, 0.1) is 5.92 Å². The predicted molar refractivity (Wildman–Crippen MR) is 86.4 cm³/mol. The van der Waals surface area contributed by atoms with Crippen LogP contribution in [-0.2, 0) is 20.5 Å². The lowest BCUT2D eigenvalue weighted by Gasteiger charge is -2.19. The van der Waals surface area contributed by atoms with Crippen LogP contribution in [0.2, 0.25) is 5.02 Å². The maximum atomic E-state index is 13.0. The molecule has 0 bridgehead atoms. The molecule has 0 radical (unpaired) electrons. The van der Waals surface area contributed by atoms with E-state index >= 15 is 0 Å². The fraction of sp³-hybridized carbons (Fsp3) is 0.500. The van der Waals surface area contributed by atoms with Gasteiger partial charge < -0.3 is 15.0 Å².